The molecule has 2 aromatic carbocycles. The molecule has 0 bridgehead atoms. The third kappa shape index (κ3) is 6.29. The van der Waals surface area contributed by atoms with Gasteiger partial charge in [0.25, 0.3) is 0 Å². The van der Waals surface area contributed by atoms with Gasteiger partial charge >= 0.3 is 17.9 Å². The number of ether oxygens (including phenoxy) is 5. The highest BCUT2D eigenvalue weighted by atomic mass is 79.9. The SMILES string of the molecule is CCOc1cc(-c2nn(-c3ccccc3)c(C(=O)OC)c2C(=O)OC)c(Br)cc1OCC(=O)OC(C)C. The minimum absolute atomic E-state index is 0.0875. The van der Waals surface area contributed by atoms with Crippen molar-refractivity contribution < 1.29 is 38.1 Å². The molecular weight excluding hydrogens is 548 g/mol. The van der Waals surface area contributed by atoms with E-state index >= 15 is 0 Å². The summed E-state index contributed by atoms with van der Waals surface area (Å²) in [5, 5.41) is 4.60. The predicted molar refractivity (Wildman–Crippen MR) is 137 cm³/mol. The van der Waals surface area contributed by atoms with Gasteiger partial charge in [0.1, 0.15) is 11.3 Å². The van der Waals surface area contributed by atoms with Crippen molar-refractivity contribution in [3.8, 4) is 28.4 Å². The second-order valence-electron chi connectivity index (χ2n) is 7.84. The minimum Gasteiger partial charge on any atom is -0.490 e. The Labute approximate surface area is 222 Å². The molecule has 0 saturated heterocycles. The highest BCUT2D eigenvalue weighted by Crippen LogP contribution is 2.41. The number of hydrogen-bond acceptors (Lipinski definition) is 9. The molecule has 0 aliphatic rings. The standard InChI is InChI=1S/C26H27BrN2O8/c1-6-35-19-12-17(18(27)13-20(19)36-14-21(30)37-15(2)3)23-22(25(31)33-4)24(26(32)34-5)29(28-23)16-10-8-7-9-11-16/h7-13,15H,6,14H2,1-5H3. The first-order valence-corrected chi connectivity index (χ1v) is 12.1. The van der Waals surface area contributed by atoms with Gasteiger partial charge in [0.15, 0.2) is 23.8 Å². The Hall–Kier alpha value is -3.86. The zero-order valence-corrected chi connectivity index (χ0v) is 22.7. The van der Waals surface area contributed by atoms with Gasteiger partial charge in [-0.25, -0.2) is 19.1 Å². The van der Waals surface area contributed by atoms with Crippen molar-refractivity contribution in [1.29, 1.82) is 0 Å². The fourth-order valence-corrected chi connectivity index (χ4v) is 3.98. The molecule has 11 heteroatoms. The molecule has 0 radical (unpaired) electrons. The lowest BCUT2D eigenvalue weighted by Gasteiger charge is -2.15. The quantitative estimate of drug-likeness (QED) is 0.253. The molecule has 1 heterocycles. The Morgan fingerprint density at radius 2 is 1.62 bits per heavy atom. The molecule has 0 N–H and O–H groups in total. The van der Waals surface area contributed by atoms with E-state index in [4.69, 9.17) is 23.7 Å². The van der Waals surface area contributed by atoms with Crippen LogP contribution in [-0.2, 0) is 19.0 Å². The summed E-state index contributed by atoms with van der Waals surface area (Å²) in [6.07, 6.45) is -0.281. The second-order valence-corrected chi connectivity index (χ2v) is 8.70. The van der Waals surface area contributed by atoms with E-state index in [2.05, 4.69) is 21.0 Å². The van der Waals surface area contributed by atoms with Gasteiger partial charge in [0, 0.05) is 10.0 Å². The van der Waals surface area contributed by atoms with Crippen molar-refractivity contribution >= 4 is 33.8 Å². The van der Waals surface area contributed by atoms with Crippen LogP contribution in [0.5, 0.6) is 11.5 Å². The molecule has 196 valence electrons. The van der Waals surface area contributed by atoms with E-state index in [9.17, 15) is 14.4 Å². The Balaban J connectivity index is 2.20. The highest BCUT2D eigenvalue weighted by molar-refractivity contribution is 9.10. The van der Waals surface area contributed by atoms with Crippen molar-refractivity contribution in [3.05, 3.63) is 58.2 Å². The van der Waals surface area contributed by atoms with Crippen LogP contribution < -0.4 is 9.47 Å². The maximum absolute atomic E-state index is 12.9. The number of halogens is 1. The van der Waals surface area contributed by atoms with Crippen molar-refractivity contribution in [1.82, 2.24) is 9.78 Å². The Bertz CT molecular complexity index is 1290. The normalized spacial score (nSPS) is 10.7. The van der Waals surface area contributed by atoms with Gasteiger partial charge in [-0.05, 0) is 61.0 Å². The van der Waals surface area contributed by atoms with Crippen LogP contribution in [0.15, 0.2) is 46.9 Å². The van der Waals surface area contributed by atoms with Gasteiger partial charge < -0.3 is 23.7 Å². The van der Waals surface area contributed by atoms with Crippen molar-refractivity contribution in [2.24, 2.45) is 0 Å². The van der Waals surface area contributed by atoms with Crippen LogP contribution in [0.4, 0.5) is 0 Å². The van der Waals surface area contributed by atoms with Crippen molar-refractivity contribution in [2.75, 3.05) is 27.4 Å². The van der Waals surface area contributed by atoms with E-state index in [0.717, 1.165) is 0 Å². The smallest absolute Gasteiger partial charge is 0.357 e. The van der Waals surface area contributed by atoms with Crippen LogP contribution in [-0.4, -0.2) is 61.2 Å². The first-order valence-electron chi connectivity index (χ1n) is 11.4. The predicted octanol–water partition coefficient (Wildman–Crippen LogP) is 4.60. The van der Waals surface area contributed by atoms with Crippen LogP contribution in [0.2, 0.25) is 0 Å². The van der Waals surface area contributed by atoms with Crippen molar-refractivity contribution in [2.45, 2.75) is 26.9 Å². The molecule has 0 aliphatic heterocycles. The zero-order valence-electron chi connectivity index (χ0n) is 21.1. The number of hydrogen-bond donors (Lipinski definition) is 0. The number of nitrogens with zero attached hydrogens (tertiary/aromatic N) is 2. The van der Waals surface area contributed by atoms with Crippen LogP contribution in [0, 0.1) is 0 Å². The summed E-state index contributed by atoms with van der Waals surface area (Å²) in [5.74, 6) is -1.52. The van der Waals surface area contributed by atoms with Crippen LogP contribution >= 0.6 is 15.9 Å². The lowest BCUT2D eigenvalue weighted by atomic mass is 10.0. The molecule has 1 aromatic heterocycles. The van der Waals surface area contributed by atoms with Gasteiger partial charge in [0.2, 0.25) is 0 Å². The summed E-state index contributed by atoms with van der Waals surface area (Å²) >= 11 is 3.50. The van der Waals surface area contributed by atoms with Crippen LogP contribution in [0.25, 0.3) is 16.9 Å². The minimum atomic E-state index is -0.779. The molecular formula is C26H27BrN2O8. The molecule has 0 atom stereocenters. The number of carbonyl (C=O) groups excluding carboxylic acids is 3. The Morgan fingerprint density at radius 3 is 2.22 bits per heavy atom. The number of benzene rings is 2. The fraction of sp³-hybridized carbons (Fsp3) is 0.308. The number of para-hydroxylation sites is 1. The van der Waals surface area contributed by atoms with E-state index in [1.807, 2.05) is 6.07 Å². The maximum atomic E-state index is 12.9. The maximum Gasteiger partial charge on any atom is 0.357 e. The molecule has 0 saturated carbocycles. The number of rotatable bonds is 10. The molecule has 0 amide bonds. The monoisotopic (exact) mass is 574 g/mol. The summed E-state index contributed by atoms with van der Waals surface area (Å²) in [5.41, 5.74) is 0.910. The van der Waals surface area contributed by atoms with Gasteiger partial charge in [-0.2, -0.15) is 5.10 Å². The summed E-state index contributed by atoms with van der Waals surface area (Å²) in [6, 6.07) is 12.0. The topological polar surface area (TPSA) is 115 Å². The van der Waals surface area contributed by atoms with Gasteiger partial charge in [-0.15, -0.1) is 0 Å². The lowest BCUT2D eigenvalue weighted by molar-refractivity contribution is -0.149. The third-order valence-corrected chi connectivity index (χ3v) is 5.61. The first kappa shape index (κ1) is 27.7. The van der Waals surface area contributed by atoms with Gasteiger partial charge in [0.05, 0.1) is 32.6 Å². The van der Waals surface area contributed by atoms with Crippen LogP contribution in [0.1, 0.15) is 41.6 Å². The largest absolute Gasteiger partial charge is 0.490 e. The van der Waals surface area contributed by atoms with E-state index in [-0.39, 0.29) is 35.4 Å². The van der Waals surface area contributed by atoms with E-state index in [1.54, 1.807) is 57.2 Å². The van der Waals surface area contributed by atoms with E-state index < -0.39 is 17.9 Å². The summed E-state index contributed by atoms with van der Waals surface area (Å²) in [7, 11) is 2.42. The number of methoxy groups -OCH3 is 2. The van der Waals surface area contributed by atoms with Gasteiger partial charge in [-0.1, -0.05) is 18.2 Å². The number of aromatic nitrogens is 2. The van der Waals surface area contributed by atoms with Gasteiger partial charge in [-0.3, -0.25) is 0 Å². The highest BCUT2D eigenvalue weighted by Gasteiger charge is 2.32. The number of carbonyl (C=O) groups is 3. The molecule has 0 fully saturated rings. The third-order valence-electron chi connectivity index (χ3n) is 4.96. The molecule has 3 aromatic rings. The molecule has 0 aliphatic carbocycles. The zero-order chi connectivity index (χ0) is 27.1. The molecule has 0 spiro atoms. The van der Waals surface area contributed by atoms with Crippen LogP contribution in [0.3, 0.4) is 0 Å². The molecule has 0 unspecified atom stereocenters. The fourth-order valence-electron chi connectivity index (χ4n) is 3.47. The lowest BCUT2D eigenvalue weighted by Crippen LogP contribution is -2.19. The molecule has 10 nitrogen and oxygen atoms in total. The number of esters is 3. The molecule has 3 rings (SSSR count). The summed E-state index contributed by atoms with van der Waals surface area (Å²) < 4.78 is 28.3. The second kappa shape index (κ2) is 12.4. The average molecular weight is 575 g/mol. The van der Waals surface area contributed by atoms with Crippen molar-refractivity contribution in [3.63, 3.8) is 0 Å². The Kier molecular flexibility index (Phi) is 9.29. The first-order chi connectivity index (χ1) is 17.7. The van der Waals surface area contributed by atoms with E-state index in [1.165, 1.54) is 18.9 Å². The Morgan fingerprint density at radius 1 is 0.973 bits per heavy atom. The summed E-state index contributed by atoms with van der Waals surface area (Å²) in [4.78, 5) is 37.8. The summed E-state index contributed by atoms with van der Waals surface area (Å²) in [6.45, 7) is 5.24. The molecule has 37 heavy (non-hydrogen) atoms. The average Bonchev–Trinajstić information content (AvgIpc) is 3.28. The van der Waals surface area contributed by atoms with E-state index in [0.29, 0.717) is 28.1 Å².